The summed E-state index contributed by atoms with van der Waals surface area (Å²) in [5.41, 5.74) is 5.52. The van der Waals surface area contributed by atoms with Gasteiger partial charge in [0.1, 0.15) is 5.82 Å². The van der Waals surface area contributed by atoms with Crippen molar-refractivity contribution in [1.29, 1.82) is 0 Å². The molecule has 1 aliphatic heterocycles. The van der Waals surface area contributed by atoms with Gasteiger partial charge >= 0.3 is 0 Å². The SMILES string of the molecule is Nc1ccnc(N2CC[C@H](O)C2)n1. The summed E-state index contributed by atoms with van der Waals surface area (Å²) in [5.74, 6) is 1.07. The van der Waals surface area contributed by atoms with Crippen molar-refractivity contribution in [3.8, 4) is 0 Å². The highest BCUT2D eigenvalue weighted by Gasteiger charge is 2.21. The van der Waals surface area contributed by atoms with Crippen LogP contribution in [0.1, 0.15) is 6.42 Å². The third-order valence-corrected chi connectivity index (χ3v) is 2.11. The zero-order valence-electron chi connectivity index (χ0n) is 7.22. The van der Waals surface area contributed by atoms with Gasteiger partial charge in [0.05, 0.1) is 6.10 Å². The molecule has 1 aromatic heterocycles. The van der Waals surface area contributed by atoms with E-state index in [2.05, 4.69) is 9.97 Å². The van der Waals surface area contributed by atoms with Crippen molar-refractivity contribution in [1.82, 2.24) is 9.97 Å². The molecular formula is C8H12N4O. The number of hydrogen-bond donors (Lipinski definition) is 2. The number of nitrogens with two attached hydrogens (primary N) is 1. The van der Waals surface area contributed by atoms with Gasteiger partial charge in [0.25, 0.3) is 0 Å². The molecule has 1 atom stereocenters. The Labute approximate surface area is 76.2 Å². The molecule has 0 amide bonds. The van der Waals surface area contributed by atoms with Crippen LogP contribution in [0.3, 0.4) is 0 Å². The summed E-state index contributed by atoms with van der Waals surface area (Å²) in [4.78, 5) is 10.1. The van der Waals surface area contributed by atoms with Crippen molar-refractivity contribution in [3.63, 3.8) is 0 Å². The Morgan fingerprint density at radius 3 is 3.08 bits per heavy atom. The molecule has 3 N–H and O–H groups in total. The number of anilines is 2. The molecule has 13 heavy (non-hydrogen) atoms. The zero-order chi connectivity index (χ0) is 9.26. The molecule has 70 valence electrons. The second-order valence-corrected chi connectivity index (χ2v) is 3.17. The zero-order valence-corrected chi connectivity index (χ0v) is 7.22. The average Bonchev–Trinajstić information content (AvgIpc) is 2.52. The molecule has 0 saturated carbocycles. The lowest BCUT2D eigenvalue weighted by Crippen LogP contribution is -2.23. The molecule has 5 nitrogen and oxygen atoms in total. The maximum absolute atomic E-state index is 9.30. The highest BCUT2D eigenvalue weighted by molar-refractivity contribution is 5.38. The summed E-state index contributed by atoms with van der Waals surface area (Å²) in [6.45, 7) is 1.40. The molecule has 0 aliphatic carbocycles. The van der Waals surface area contributed by atoms with Crippen LogP contribution in [0.5, 0.6) is 0 Å². The first-order chi connectivity index (χ1) is 6.25. The van der Waals surface area contributed by atoms with E-state index >= 15 is 0 Å². The van der Waals surface area contributed by atoms with Gasteiger partial charge in [-0.2, -0.15) is 4.98 Å². The van der Waals surface area contributed by atoms with E-state index in [4.69, 9.17) is 5.73 Å². The van der Waals surface area contributed by atoms with E-state index in [1.54, 1.807) is 12.3 Å². The van der Waals surface area contributed by atoms with E-state index in [1.165, 1.54) is 0 Å². The second-order valence-electron chi connectivity index (χ2n) is 3.17. The first kappa shape index (κ1) is 8.25. The highest BCUT2D eigenvalue weighted by Crippen LogP contribution is 2.15. The molecule has 1 saturated heterocycles. The Hall–Kier alpha value is -1.36. The van der Waals surface area contributed by atoms with E-state index in [-0.39, 0.29) is 6.10 Å². The summed E-state index contributed by atoms with van der Waals surface area (Å²) in [5, 5.41) is 9.30. The number of hydrogen-bond acceptors (Lipinski definition) is 5. The van der Waals surface area contributed by atoms with Crippen LogP contribution in [0.25, 0.3) is 0 Å². The van der Waals surface area contributed by atoms with Gasteiger partial charge in [0, 0.05) is 19.3 Å². The van der Waals surface area contributed by atoms with Crippen LogP contribution in [0.4, 0.5) is 11.8 Å². The third kappa shape index (κ3) is 1.70. The minimum Gasteiger partial charge on any atom is -0.391 e. The smallest absolute Gasteiger partial charge is 0.227 e. The van der Waals surface area contributed by atoms with E-state index in [1.807, 2.05) is 4.90 Å². The third-order valence-electron chi connectivity index (χ3n) is 2.11. The molecule has 1 fully saturated rings. The fourth-order valence-corrected chi connectivity index (χ4v) is 1.44. The van der Waals surface area contributed by atoms with Crippen molar-refractivity contribution >= 4 is 11.8 Å². The fourth-order valence-electron chi connectivity index (χ4n) is 1.44. The van der Waals surface area contributed by atoms with Crippen LogP contribution >= 0.6 is 0 Å². The Bertz CT molecular complexity index is 304. The van der Waals surface area contributed by atoms with Gasteiger partial charge < -0.3 is 15.7 Å². The lowest BCUT2D eigenvalue weighted by molar-refractivity contribution is 0.198. The summed E-state index contributed by atoms with van der Waals surface area (Å²) >= 11 is 0. The fraction of sp³-hybridized carbons (Fsp3) is 0.500. The van der Waals surface area contributed by atoms with Gasteiger partial charge in [-0.25, -0.2) is 4.98 Å². The molecule has 2 heterocycles. The maximum Gasteiger partial charge on any atom is 0.227 e. The van der Waals surface area contributed by atoms with Crippen LogP contribution in [-0.2, 0) is 0 Å². The molecule has 1 aliphatic rings. The van der Waals surface area contributed by atoms with E-state index < -0.39 is 0 Å². The van der Waals surface area contributed by atoms with Crippen LogP contribution < -0.4 is 10.6 Å². The van der Waals surface area contributed by atoms with Crippen molar-refractivity contribution in [2.24, 2.45) is 0 Å². The Balaban J connectivity index is 2.16. The minimum absolute atomic E-state index is 0.259. The second kappa shape index (κ2) is 3.18. The van der Waals surface area contributed by atoms with Crippen molar-refractivity contribution in [2.75, 3.05) is 23.7 Å². The van der Waals surface area contributed by atoms with E-state index in [9.17, 15) is 5.11 Å². The van der Waals surface area contributed by atoms with Crippen LogP contribution in [0, 0.1) is 0 Å². The van der Waals surface area contributed by atoms with Crippen LogP contribution in [0.2, 0.25) is 0 Å². The minimum atomic E-state index is -0.259. The molecule has 0 radical (unpaired) electrons. The summed E-state index contributed by atoms with van der Waals surface area (Å²) in [6.07, 6.45) is 2.14. The standard InChI is InChI=1S/C8H12N4O/c9-7-1-3-10-8(11-7)12-4-2-6(13)5-12/h1,3,6,13H,2,4-5H2,(H2,9,10,11)/t6-/m0/s1. The first-order valence-corrected chi connectivity index (χ1v) is 4.27. The summed E-state index contributed by atoms with van der Waals surface area (Å²) in [7, 11) is 0. The number of aliphatic hydroxyl groups excluding tert-OH is 1. The van der Waals surface area contributed by atoms with E-state index in [0.29, 0.717) is 18.3 Å². The lowest BCUT2D eigenvalue weighted by atomic mass is 10.3. The predicted octanol–water partition coefficient (Wildman–Crippen LogP) is -0.370. The summed E-state index contributed by atoms with van der Waals surface area (Å²) < 4.78 is 0. The number of nitrogens with zero attached hydrogens (tertiary/aromatic N) is 3. The number of nitrogen functional groups attached to an aromatic ring is 1. The topological polar surface area (TPSA) is 75.3 Å². The number of rotatable bonds is 1. The van der Waals surface area contributed by atoms with Gasteiger partial charge in [-0.05, 0) is 12.5 Å². The van der Waals surface area contributed by atoms with E-state index in [0.717, 1.165) is 13.0 Å². The van der Waals surface area contributed by atoms with Crippen molar-refractivity contribution in [3.05, 3.63) is 12.3 Å². The highest BCUT2D eigenvalue weighted by atomic mass is 16.3. The Morgan fingerprint density at radius 1 is 1.62 bits per heavy atom. The van der Waals surface area contributed by atoms with Crippen LogP contribution in [0.15, 0.2) is 12.3 Å². The Kier molecular flexibility index (Phi) is 2.02. The van der Waals surface area contributed by atoms with Gasteiger partial charge in [0.2, 0.25) is 5.95 Å². The predicted molar refractivity (Wildman–Crippen MR) is 49.3 cm³/mol. The molecule has 0 aromatic carbocycles. The Morgan fingerprint density at radius 2 is 2.46 bits per heavy atom. The molecule has 5 heteroatoms. The first-order valence-electron chi connectivity index (χ1n) is 4.27. The van der Waals surface area contributed by atoms with Crippen LogP contribution in [-0.4, -0.2) is 34.3 Å². The summed E-state index contributed by atoms with van der Waals surface area (Å²) in [6, 6.07) is 1.65. The number of aliphatic hydroxyl groups is 1. The van der Waals surface area contributed by atoms with Gasteiger partial charge in [0.15, 0.2) is 0 Å². The molecular weight excluding hydrogens is 168 g/mol. The molecule has 0 unspecified atom stereocenters. The van der Waals surface area contributed by atoms with Gasteiger partial charge in [-0.3, -0.25) is 0 Å². The molecule has 0 bridgehead atoms. The molecule has 2 rings (SSSR count). The number of β-amino-alcohol motifs (C(OH)–C–C–N with tert-alkyl or cyclic N) is 1. The van der Waals surface area contributed by atoms with Gasteiger partial charge in [-0.1, -0.05) is 0 Å². The number of aromatic nitrogens is 2. The largest absolute Gasteiger partial charge is 0.391 e. The van der Waals surface area contributed by atoms with Gasteiger partial charge in [-0.15, -0.1) is 0 Å². The lowest BCUT2D eigenvalue weighted by Gasteiger charge is -2.14. The monoisotopic (exact) mass is 180 g/mol. The van der Waals surface area contributed by atoms with Crippen molar-refractivity contribution in [2.45, 2.75) is 12.5 Å². The normalized spacial score (nSPS) is 22.2. The molecule has 0 spiro atoms. The quantitative estimate of drug-likeness (QED) is 0.616. The average molecular weight is 180 g/mol. The maximum atomic E-state index is 9.30. The van der Waals surface area contributed by atoms with Crippen molar-refractivity contribution < 1.29 is 5.11 Å². The molecule has 1 aromatic rings.